The normalized spacial score (nSPS) is 39.2. The van der Waals surface area contributed by atoms with Crippen molar-refractivity contribution in [1.29, 1.82) is 0 Å². The molecule has 0 aromatic heterocycles. The number of likely N-dealkylation sites (tertiary alicyclic amines) is 1. The van der Waals surface area contributed by atoms with E-state index >= 15 is 0 Å². The number of rotatable bonds is 3. The quantitative estimate of drug-likeness (QED) is 0.853. The Hall–Kier alpha value is -0.120. The van der Waals surface area contributed by atoms with Crippen LogP contribution < -0.4 is 5.73 Å². The van der Waals surface area contributed by atoms with Gasteiger partial charge in [0.05, 0.1) is 11.7 Å². The van der Waals surface area contributed by atoms with Gasteiger partial charge in [0.1, 0.15) is 0 Å². The van der Waals surface area contributed by atoms with Crippen LogP contribution in [0, 0.1) is 5.92 Å². The van der Waals surface area contributed by atoms with E-state index in [0.29, 0.717) is 12.1 Å². The van der Waals surface area contributed by atoms with Crippen molar-refractivity contribution in [2.45, 2.75) is 76.0 Å². The van der Waals surface area contributed by atoms with Crippen molar-refractivity contribution in [3.05, 3.63) is 0 Å². The molecular weight excluding hydrogens is 236 g/mol. The van der Waals surface area contributed by atoms with E-state index in [-0.39, 0.29) is 5.60 Å². The number of nitrogens with two attached hydrogens (primary N) is 1. The molecule has 110 valence electrons. The van der Waals surface area contributed by atoms with Crippen LogP contribution >= 0.6 is 0 Å². The second kappa shape index (κ2) is 5.71. The molecule has 0 aromatic carbocycles. The summed E-state index contributed by atoms with van der Waals surface area (Å²) in [5, 5.41) is 0. The Morgan fingerprint density at radius 3 is 2.74 bits per heavy atom. The lowest BCUT2D eigenvalue weighted by Gasteiger charge is -2.39. The summed E-state index contributed by atoms with van der Waals surface area (Å²) < 4.78 is 6.45. The highest BCUT2D eigenvalue weighted by Gasteiger charge is 2.43. The summed E-state index contributed by atoms with van der Waals surface area (Å²) >= 11 is 0. The monoisotopic (exact) mass is 266 g/mol. The Morgan fingerprint density at radius 1 is 1.21 bits per heavy atom. The molecule has 3 heteroatoms. The zero-order chi connectivity index (χ0) is 13.3. The Kier molecular flexibility index (Phi) is 4.16. The van der Waals surface area contributed by atoms with Crippen molar-refractivity contribution in [2.24, 2.45) is 11.7 Å². The number of piperidine rings is 1. The third-order valence-electron chi connectivity index (χ3n) is 5.66. The zero-order valence-corrected chi connectivity index (χ0v) is 12.4. The number of nitrogens with zero attached hydrogens (tertiary/aromatic N) is 1. The van der Waals surface area contributed by atoms with Crippen molar-refractivity contribution in [2.75, 3.05) is 19.6 Å². The first kappa shape index (κ1) is 13.8. The third-order valence-corrected chi connectivity index (χ3v) is 5.66. The Labute approximate surface area is 117 Å². The lowest BCUT2D eigenvalue weighted by atomic mass is 9.92. The summed E-state index contributed by atoms with van der Waals surface area (Å²) in [4.78, 5) is 2.61. The molecule has 2 N–H and O–H groups in total. The second-order valence-corrected chi connectivity index (χ2v) is 7.18. The van der Waals surface area contributed by atoms with Crippen LogP contribution in [0.25, 0.3) is 0 Å². The van der Waals surface area contributed by atoms with Crippen LogP contribution in [0.1, 0.15) is 58.3 Å². The molecule has 0 bridgehead atoms. The smallest absolute Gasteiger partial charge is 0.0710 e. The molecule has 3 aliphatic rings. The molecule has 0 aromatic rings. The molecule has 2 aliphatic heterocycles. The average molecular weight is 266 g/mol. The highest BCUT2D eigenvalue weighted by molar-refractivity contribution is 4.94. The van der Waals surface area contributed by atoms with Crippen molar-refractivity contribution >= 4 is 0 Å². The molecule has 0 radical (unpaired) electrons. The summed E-state index contributed by atoms with van der Waals surface area (Å²) in [6.45, 7) is 5.51. The highest BCUT2D eigenvalue weighted by Crippen LogP contribution is 2.43. The van der Waals surface area contributed by atoms with Crippen LogP contribution in [-0.4, -0.2) is 42.3 Å². The van der Waals surface area contributed by atoms with Gasteiger partial charge in [-0.1, -0.05) is 19.8 Å². The molecule has 1 saturated carbocycles. The predicted octanol–water partition coefficient (Wildman–Crippen LogP) is 2.54. The second-order valence-electron chi connectivity index (χ2n) is 7.18. The molecular formula is C16H30N2O. The summed E-state index contributed by atoms with van der Waals surface area (Å²) in [5.41, 5.74) is 6.25. The predicted molar refractivity (Wildman–Crippen MR) is 78.1 cm³/mol. The van der Waals surface area contributed by atoms with E-state index in [4.69, 9.17) is 10.5 Å². The van der Waals surface area contributed by atoms with Crippen molar-refractivity contribution in [3.63, 3.8) is 0 Å². The van der Waals surface area contributed by atoms with E-state index in [9.17, 15) is 0 Å². The van der Waals surface area contributed by atoms with E-state index in [2.05, 4.69) is 11.8 Å². The minimum atomic E-state index is 0.284. The van der Waals surface area contributed by atoms with E-state index in [1.807, 2.05) is 0 Å². The van der Waals surface area contributed by atoms with Gasteiger partial charge >= 0.3 is 0 Å². The number of hydrogen-bond donors (Lipinski definition) is 1. The van der Waals surface area contributed by atoms with Crippen LogP contribution in [0.5, 0.6) is 0 Å². The Balaban J connectivity index is 1.53. The molecule has 0 amide bonds. The van der Waals surface area contributed by atoms with Crippen LogP contribution in [0.15, 0.2) is 0 Å². The maximum absolute atomic E-state index is 6.45. The Morgan fingerprint density at radius 2 is 2.00 bits per heavy atom. The number of hydrogen-bond acceptors (Lipinski definition) is 3. The highest BCUT2D eigenvalue weighted by atomic mass is 16.5. The van der Waals surface area contributed by atoms with Gasteiger partial charge in [0.2, 0.25) is 0 Å². The lowest BCUT2D eigenvalue weighted by molar-refractivity contribution is -0.0553. The van der Waals surface area contributed by atoms with E-state index in [0.717, 1.165) is 19.0 Å². The van der Waals surface area contributed by atoms with Gasteiger partial charge in [-0.3, -0.25) is 4.90 Å². The van der Waals surface area contributed by atoms with E-state index < -0.39 is 0 Å². The fourth-order valence-electron chi connectivity index (χ4n) is 4.46. The molecule has 3 unspecified atom stereocenters. The van der Waals surface area contributed by atoms with Crippen molar-refractivity contribution in [1.82, 2.24) is 4.90 Å². The van der Waals surface area contributed by atoms with Crippen molar-refractivity contribution in [3.8, 4) is 0 Å². The summed E-state index contributed by atoms with van der Waals surface area (Å²) in [6.07, 6.45) is 11.0. The van der Waals surface area contributed by atoms with Gasteiger partial charge in [0.25, 0.3) is 0 Å². The van der Waals surface area contributed by atoms with Gasteiger partial charge in [-0.2, -0.15) is 0 Å². The molecule has 3 fully saturated rings. The molecule has 3 rings (SSSR count). The fraction of sp³-hybridized carbons (Fsp3) is 1.00. The minimum absolute atomic E-state index is 0.284. The van der Waals surface area contributed by atoms with Crippen molar-refractivity contribution < 1.29 is 4.74 Å². The standard InChI is InChI=1S/C16H30N2O/c1-13-5-9-18(14(10-13)11-17)12-15-4-8-16(19-15)6-2-3-7-16/h13-15H,2-12,17H2,1H3. The molecule has 2 heterocycles. The maximum atomic E-state index is 6.45. The summed E-state index contributed by atoms with van der Waals surface area (Å²) in [5.74, 6) is 0.843. The van der Waals surface area contributed by atoms with Crippen LogP contribution in [0.4, 0.5) is 0 Å². The zero-order valence-electron chi connectivity index (χ0n) is 12.4. The number of ether oxygens (including phenoxy) is 1. The molecule has 1 spiro atoms. The van der Waals surface area contributed by atoms with Gasteiger partial charge in [0, 0.05) is 19.1 Å². The topological polar surface area (TPSA) is 38.5 Å². The molecule has 2 saturated heterocycles. The molecule has 1 aliphatic carbocycles. The fourth-order valence-corrected chi connectivity index (χ4v) is 4.46. The van der Waals surface area contributed by atoms with Crippen LogP contribution in [0.2, 0.25) is 0 Å². The van der Waals surface area contributed by atoms with Gasteiger partial charge in [0.15, 0.2) is 0 Å². The Bertz CT molecular complexity index is 301. The molecule has 19 heavy (non-hydrogen) atoms. The first-order chi connectivity index (χ1) is 9.21. The minimum Gasteiger partial charge on any atom is -0.370 e. The van der Waals surface area contributed by atoms with Gasteiger partial charge in [-0.25, -0.2) is 0 Å². The SMILES string of the molecule is CC1CCN(CC2CCC3(CCCC3)O2)C(CN)C1. The summed E-state index contributed by atoms with van der Waals surface area (Å²) in [6, 6.07) is 0.590. The first-order valence-electron chi connectivity index (χ1n) is 8.33. The van der Waals surface area contributed by atoms with Gasteiger partial charge in [-0.05, 0) is 51.0 Å². The average Bonchev–Trinajstić information content (AvgIpc) is 3.03. The first-order valence-corrected chi connectivity index (χ1v) is 8.33. The van der Waals surface area contributed by atoms with Crippen LogP contribution in [-0.2, 0) is 4.74 Å². The summed E-state index contributed by atoms with van der Waals surface area (Å²) in [7, 11) is 0. The molecule has 3 atom stereocenters. The lowest BCUT2D eigenvalue weighted by Crippen LogP contribution is -2.49. The van der Waals surface area contributed by atoms with Gasteiger partial charge < -0.3 is 10.5 Å². The van der Waals surface area contributed by atoms with E-state index in [1.165, 1.54) is 57.9 Å². The van der Waals surface area contributed by atoms with Gasteiger partial charge in [-0.15, -0.1) is 0 Å². The molecule has 3 nitrogen and oxygen atoms in total. The van der Waals surface area contributed by atoms with Crippen LogP contribution in [0.3, 0.4) is 0 Å². The van der Waals surface area contributed by atoms with E-state index in [1.54, 1.807) is 0 Å². The largest absolute Gasteiger partial charge is 0.370 e. The third kappa shape index (κ3) is 2.98. The maximum Gasteiger partial charge on any atom is 0.0710 e.